The highest BCUT2D eigenvalue weighted by Crippen LogP contribution is 2.23. The molecule has 0 unspecified atom stereocenters. The van der Waals surface area contributed by atoms with E-state index in [2.05, 4.69) is 4.98 Å². The SMILES string of the molecule is COC(=O)c1cc(-c2ccccc2)cc2cncn12. The first-order valence-corrected chi connectivity index (χ1v) is 5.89. The first kappa shape index (κ1) is 11.5. The minimum absolute atomic E-state index is 0.374. The van der Waals surface area contributed by atoms with Gasteiger partial charge in [0, 0.05) is 0 Å². The Hall–Kier alpha value is -2.62. The fourth-order valence-corrected chi connectivity index (χ4v) is 2.09. The predicted octanol–water partition coefficient (Wildman–Crippen LogP) is 2.79. The molecule has 0 saturated heterocycles. The zero-order valence-electron chi connectivity index (χ0n) is 10.4. The number of benzene rings is 1. The molecule has 1 aromatic carbocycles. The van der Waals surface area contributed by atoms with Gasteiger partial charge < -0.3 is 4.74 Å². The summed E-state index contributed by atoms with van der Waals surface area (Å²) in [6.45, 7) is 0. The highest BCUT2D eigenvalue weighted by Gasteiger charge is 2.12. The minimum atomic E-state index is -0.374. The fraction of sp³-hybridized carbons (Fsp3) is 0.0667. The lowest BCUT2D eigenvalue weighted by atomic mass is 10.1. The first-order chi connectivity index (χ1) is 9.29. The van der Waals surface area contributed by atoms with Gasteiger partial charge in [-0.05, 0) is 23.3 Å². The molecule has 0 saturated carbocycles. The number of rotatable bonds is 2. The van der Waals surface area contributed by atoms with Crippen LogP contribution in [0, 0.1) is 0 Å². The van der Waals surface area contributed by atoms with Crippen LogP contribution in [0.1, 0.15) is 10.5 Å². The number of hydrogen-bond donors (Lipinski definition) is 0. The van der Waals surface area contributed by atoms with Gasteiger partial charge in [0.15, 0.2) is 0 Å². The number of aromatic nitrogens is 2. The smallest absolute Gasteiger partial charge is 0.355 e. The highest BCUT2D eigenvalue weighted by molar-refractivity contribution is 5.90. The number of hydrogen-bond acceptors (Lipinski definition) is 3. The van der Waals surface area contributed by atoms with Crippen LogP contribution in [0.3, 0.4) is 0 Å². The van der Waals surface area contributed by atoms with Gasteiger partial charge in [-0.15, -0.1) is 0 Å². The Morgan fingerprint density at radius 1 is 1.16 bits per heavy atom. The molecule has 3 aromatic rings. The maximum absolute atomic E-state index is 11.8. The van der Waals surface area contributed by atoms with Crippen molar-refractivity contribution in [2.75, 3.05) is 7.11 Å². The van der Waals surface area contributed by atoms with Gasteiger partial charge in [0.05, 0.1) is 25.2 Å². The number of pyridine rings is 1. The molecule has 0 radical (unpaired) electrons. The Bertz CT molecular complexity index is 732. The van der Waals surface area contributed by atoms with E-state index in [1.807, 2.05) is 42.5 Å². The molecule has 0 aliphatic heterocycles. The molecule has 0 bridgehead atoms. The van der Waals surface area contributed by atoms with E-state index in [4.69, 9.17) is 4.74 Å². The summed E-state index contributed by atoms with van der Waals surface area (Å²) in [7, 11) is 1.38. The number of carbonyl (C=O) groups excluding carboxylic acids is 1. The first-order valence-electron chi connectivity index (χ1n) is 5.89. The van der Waals surface area contributed by atoms with Crippen molar-refractivity contribution in [3.8, 4) is 11.1 Å². The van der Waals surface area contributed by atoms with Gasteiger partial charge in [-0.1, -0.05) is 30.3 Å². The van der Waals surface area contributed by atoms with Crippen molar-refractivity contribution >= 4 is 11.5 Å². The van der Waals surface area contributed by atoms with Gasteiger partial charge in [-0.3, -0.25) is 4.40 Å². The summed E-state index contributed by atoms with van der Waals surface area (Å²) in [6, 6.07) is 13.7. The summed E-state index contributed by atoms with van der Waals surface area (Å²) in [5.74, 6) is -0.374. The van der Waals surface area contributed by atoms with Gasteiger partial charge >= 0.3 is 5.97 Å². The number of fused-ring (bicyclic) bond motifs is 1. The van der Waals surface area contributed by atoms with Gasteiger partial charge in [0.25, 0.3) is 0 Å². The third-order valence-corrected chi connectivity index (χ3v) is 3.02. The van der Waals surface area contributed by atoms with E-state index in [1.165, 1.54) is 7.11 Å². The highest BCUT2D eigenvalue weighted by atomic mass is 16.5. The number of ether oxygens (including phenoxy) is 1. The topological polar surface area (TPSA) is 43.6 Å². The molecule has 0 fully saturated rings. The normalized spacial score (nSPS) is 10.6. The number of nitrogens with zero attached hydrogens (tertiary/aromatic N) is 2. The monoisotopic (exact) mass is 252 g/mol. The zero-order chi connectivity index (χ0) is 13.2. The molecule has 4 heteroatoms. The summed E-state index contributed by atoms with van der Waals surface area (Å²) in [4.78, 5) is 15.9. The summed E-state index contributed by atoms with van der Waals surface area (Å²) >= 11 is 0. The van der Waals surface area contributed by atoms with Crippen molar-refractivity contribution in [2.24, 2.45) is 0 Å². The quantitative estimate of drug-likeness (QED) is 0.659. The molecule has 0 aliphatic rings. The van der Waals surface area contributed by atoms with E-state index in [-0.39, 0.29) is 5.97 Å². The summed E-state index contributed by atoms with van der Waals surface area (Å²) < 4.78 is 6.54. The van der Waals surface area contributed by atoms with Crippen molar-refractivity contribution in [1.82, 2.24) is 9.38 Å². The Morgan fingerprint density at radius 3 is 2.68 bits per heavy atom. The molecule has 0 spiro atoms. The standard InChI is InChI=1S/C15H12N2O2/c1-19-15(18)14-8-12(11-5-3-2-4-6-11)7-13-9-16-10-17(13)14/h2-10H,1H3. The van der Waals surface area contributed by atoms with E-state index < -0.39 is 0 Å². The Kier molecular flexibility index (Phi) is 2.76. The Labute approximate surface area is 110 Å². The average Bonchev–Trinajstić information content (AvgIpc) is 2.94. The lowest BCUT2D eigenvalue weighted by molar-refractivity contribution is 0.0592. The van der Waals surface area contributed by atoms with Crippen molar-refractivity contribution < 1.29 is 9.53 Å². The van der Waals surface area contributed by atoms with Crippen LogP contribution in [0.15, 0.2) is 55.0 Å². The Morgan fingerprint density at radius 2 is 1.95 bits per heavy atom. The molecule has 4 nitrogen and oxygen atoms in total. The predicted molar refractivity (Wildman–Crippen MR) is 72.0 cm³/mol. The number of carbonyl (C=O) groups is 1. The van der Waals surface area contributed by atoms with Crippen LogP contribution in [0.2, 0.25) is 0 Å². The maximum atomic E-state index is 11.8. The maximum Gasteiger partial charge on any atom is 0.355 e. The lowest BCUT2D eigenvalue weighted by Gasteiger charge is -2.07. The summed E-state index contributed by atoms with van der Waals surface area (Å²) in [5, 5.41) is 0. The number of methoxy groups -OCH3 is 1. The third kappa shape index (κ3) is 1.97. The number of imidazole rings is 1. The van der Waals surface area contributed by atoms with Crippen LogP contribution >= 0.6 is 0 Å². The van der Waals surface area contributed by atoms with Crippen LogP contribution < -0.4 is 0 Å². The molecule has 0 N–H and O–H groups in total. The molecule has 3 rings (SSSR count). The average molecular weight is 252 g/mol. The zero-order valence-corrected chi connectivity index (χ0v) is 10.4. The largest absolute Gasteiger partial charge is 0.464 e. The van der Waals surface area contributed by atoms with E-state index in [0.717, 1.165) is 16.6 Å². The second kappa shape index (κ2) is 4.57. The van der Waals surface area contributed by atoms with Crippen molar-refractivity contribution in [1.29, 1.82) is 0 Å². The number of esters is 1. The van der Waals surface area contributed by atoms with E-state index in [1.54, 1.807) is 16.9 Å². The van der Waals surface area contributed by atoms with Crippen molar-refractivity contribution in [3.05, 3.63) is 60.7 Å². The molecule has 2 heterocycles. The van der Waals surface area contributed by atoms with Crippen LogP contribution in [0.5, 0.6) is 0 Å². The van der Waals surface area contributed by atoms with Gasteiger partial charge in [0.1, 0.15) is 5.69 Å². The van der Waals surface area contributed by atoms with Crippen molar-refractivity contribution in [3.63, 3.8) is 0 Å². The van der Waals surface area contributed by atoms with E-state index in [0.29, 0.717) is 5.69 Å². The third-order valence-electron chi connectivity index (χ3n) is 3.02. The van der Waals surface area contributed by atoms with E-state index >= 15 is 0 Å². The molecule has 94 valence electrons. The van der Waals surface area contributed by atoms with Crippen LogP contribution in [0.4, 0.5) is 0 Å². The van der Waals surface area contributed by atoms with Crippen LogP contribution in [-0.2, 0) is 4.74 Å². The molecule has 0 atom stereocenters. The molecule has 0 aliphatic carbocycles. The molecule has 19 heavy (non-hydrogen) atoms. The lowest BCUT2D eigenvalue weighted by Crippen LogP contribution is -2.07. The summed E-state index contributed by atoms with van der Waals surface area (Å²) in [6.07, 6.45) is 3.33. The van der Waals surface area contributed by atoms with Gasteiger partial charge in [0.2, 0.25) is 0 Å². The van der Waals surface area contributed by atoms with E-state index in [9.17, 15) is 4.79 Å². The molecule has 2 aromatic heterocycles. The Balaban J connectivity index is 2.25. The summed E-state index contributed by atoms with van der Waals surface area (Å²) in [5.41, 5.74) is 3.35. The fourth-order valence-electron chi connectivity index (χ4n) is 2.09. The van der Waals surface area contributed by atoms with Gasteiger partial charge in [-0.2, -0.15) is 0 Å². The molecular weight excluding hydrogens is 240 g/mol. The second-order valence-electron chi connectivity index (χ2n) is 4.18. The minimum Gasteiger partial charge on any atom is -0.464 e. The molecular formula is C15H12N2O2. The van der Waals surface area contributed by atoms with Crippen LogP contribution in [-0.4, -0.2) is 22.5 Å². The molecule has 0 amide bonds. The van der Waals surface area contributed by atoms with Crippen LogP contribution in [0.25, 0.3) is 16.6 Å². The van der Waals surface area contributed by atoms with Gasteiger partial charge in [-0.25, -0.2) is 9.78 Å². The van der Waals surface area contributed by atoms with Crippen molar-refractivity contribution in [2.45, 2.75) is 0 Å². The second-order valence-corrected chi connectivity index (χ2v) is 4.18.